The second kappa shape index (κ2) is 10.6. The maximum atomic E-state index is 12.5. The van der Waals surface area contributed by atoms with Crippen LogP contribution in [0.25, 0.3) is 11.1 Å². The molecule has 3 N–H and O–H groups in total. The molecule has 0 radical (unpaired) electrons. The van der Waals surface area contributed by atoms with Crippen LogP contribution >= 0.6 is 11.6 Å². The van der Waals surface area contributed by atoms with Crippen molar-refractivity contribution in [3.8, 4) is 11.1 Å². The highest BCUT2D eigenvalue weighted by atomic mass is 35.5. The summed E-state index contributed by atoms with van der Waals surface area (Å²) >= 11 is 6.08. The van der Waals surface area contributed by atoms with Crippen LogP contribution in [0.1, 0.15) is 42.0 Å². The fourth-order valence-electron chi connectivity index (χ4n) is 4.37. The summed E-state index contributed by atoms with van der Waals surface area (Å²) in [5.41, 5.74) is 4.76. The van der Waals surface area contributed by atoms with Gasteiger partial charge in [-0.1, -0.05) is 78.3 Å². The van der Waals surface area contributed by atoms with E-state index in [0.29, 0.717) is 0 Å². The summed E-state index contributed by atoms with van der Waals surface area (Å²) in [4.78, 5) is 36.6. The van der Waals surface area contributed by atoms with E-state index in [1.807, 2.05) is 36.4 Å². The van der Waals surface area contributed by atoms with E-state index in [4.69, 9.17) is 16.3 Å². The number of nitrogens with one attached hydrogen (secondary N) is 2. The zero-order chi connectivity index (χ0) is 24.9. The molecule has 8 heteroatoms. The van der Waals surface area contributed by atoms with Gasteiger partial charge in [0.25, 0.3) is 0 Å². The van der Waals surface area contributed by atoms with E-state index in [0.717, 1.165) is 22.3 Å². The minimum absolute atomic E-state index is 0.0706. The van der Waals surface area contributed by atoms with Crippen LogP contribution in [0.3, 0.4) is 0 Å². The van der Waals surface area contributed by atoms with Crippen molar-refractivity contribution < 1.29 is 24.2 Å². The number of carboxylic acids is 1. The van der Waals surface area contributed by atoms with Gasteiger partial charge in [-0.2, -0.15) is 0 Å². The number of alkyl carbamates (subject to hydrolysis) is 1. The van der Waals surface area contributed by atoms with Crippen molar-refractivity contribution in [3.05, 3.63) is 94.5 Å². The van der Waals surface area contributed by atoms with Gasteiger partial charge < -0.3 is 20.5 Å². The van der Waals surface area contributed by atoms with Gasteiger partial charge in [0, 0.05) is 29.0 Å². The Morgan fingerprint density at radius 2 is 1.49 bits per heavy atom. The van der Waals surface area contributed by atoms with Gasteiger partial charge >= 0.3 is 12.1 Å². The third kappa shape index (κ3) is 5.46. The molecule has 0 aliphatic heterocycles. The lowest BCUT2D eigenvalue weighted by molar-refractivity contribution is -0.142. The first-order chi connectivity index (χ1) is 16.8. The zero-order valence-corrected chi connectivity index (χ0v) is 19.8. The zero-order valence-electron chi connectivity index (χ0n) is 19.0. The number of carbonyl (C=O) groups excluding carboxylic acids is 2. The van der Waals surface area contributed by atoms with Crippen LogP contribution in [0.4, 0.5) is 4.79 Å². The molecule has 2 atom stereocenters. The van der Waals surface area contributed by atoms with E-state index in [-0.39, 0.29) is 29.5 Å². The Labute approximate surface area is 208 Å². The summed E-state index contributed by atoms with van der Waals surface area (Å²) in [6, 6.07) is 20.6. The third-order valence-electron chi connectivity index (χ3n) is 5.97. The van der Waals surface area contributed by atoms with Crippen molar-refractivity contribution in [2.75, 3.05) is 6.61 Å². The predicted molar refractivity (Wildman–Crippen MR) is 132 cm³/mol. The highest BCUT2D eigenvalue weighted by Crippen LogP contribution is 2.44. The van der Waals surface area contributed by atoms with Gasteiger partial charge in [-0.25, -0.2) is 9.59 Å². The quantitative estimate of drug-likeness (QED) is 0.415. The van der Waals surface area contributed by atoms with Crippen molar-refractivity contribution in [1.82, 2.24) is 10.6 Å². The largest absolute Gasteiger partial charge is 0.479 e. The maximum absolute atomic E-state index is 12.5. The number of aliphatic carboxylic acids is 1. The summed E-state index contributed by atoms with van der Waals surface area (Å²) in [5.74, 6) is -1.84. The van der Waals surface area contributed by atoms with Gasteiger partial charge in [0.2, 0.25) is 5.91 Å². The van der Waals surface area contributed by atoms with Crippen molar-refractivity contribution in [2.45, 2.75) is 31.3 Å². The second-order valence-corrected chi connectivity index (χ2v) is 8.84. The molecular formula is C27H25ClN2O5. The van der Waals surface area contributed by atoms with E-state index < -0.39 is 30.1 Å². The Bertz CT molecular complexity index is 1220. The molecule has 0 bridgehead atoms. The summed E-state index contributed by atoms with van der Waals surface area (Å²) in [7, 11) is 0. The minimum atomic E-state index is -1.29. The number of hydrogen-bond donors (Lipinski definition) is 3. The first-order valence-corrected chi connectivity index (χ1v) is 11.6. The van der Waals surface area contributed by atoms with E-state index in [1.165, 1.54) is 0 Å². The summed E-state index contributed by atoms with van der Waals surface area (Å²) < 4.78 is 5.50. The fourth-order valence-corrected chi connectivity index (χ4v) is 4.62. The summed E-state index contributed by atoms with van der Waals surface area (Å²) in [5, 5.41) is 14.9. The Balaban J connectivity index is 1.32. The van der Waals surface area contributed by atoms with Crippen LogP contribution in [0.15, 0.2) is 72.8 Å². The molecule has 0 saturated heterocycles. The smallest absolute Gasteiger partial charge is 0.407 e. The molecule has 35 heavy (non-hydrogen) atoms. The van der Waals surface area contributed by atoms with Crippen LogP contribution in [-0.2, 0) is 14.3 Å². The van der Waals surface area contributed by atoms with Gasteiger partial charge in [-0.3, -0.25) is 4.79 Å². The van der Waals surface area contributed by atoms with Crippen molar-refractivity contribution in [3.63, 3.8) is 0 Å². The topological polar surface area (TPSA) is 105 Å². The molecule has 0 saturated carbocycles. The second-order valence-electron chi connectivity index (χ2n) is 8.44. The number of fused-ring (bicyclic) bond motifs is 3. The molecule has 7 nitrogen and oxygen atoms in total. The molecule has 0 aromatic heterocycles. The van der Waals surface area contributed by atoms with Gasteiger partial charge in [-0.05, 0) is 35.2 Å². The number of amides is 2. The first kappa shape index (κ1) is 24.3. The molecule has 1 aliphatic rings. The predicted octanol–water partition coefficient (Wildman–Crippen LogP) is 4.90. The number of ether oxygens (including phenoxy) is 1. The van der Waals surface area contributed by atoms with Gasteiger partial charge in [0.1, 0.15) is 6.61 Å². The number of hydrogen-bond acceptors (Lipinski definition) is 4. The highest BCUT2D eigenvalue weighted by Gasteiger charge is 2.29. The SMILES string of the molecule is C[C@H](CC(=O)N[C@@H](C(=O)O)c1ccccc1Cl)NC(=O)OCC1c2ccccc2-c2ccccc21. The third-order valence-corrected chi connectivity index (χ3v) is 6.31. The summed E-state index contributed by atoms with van der Waals surface area (Å²) in [6.07, 6.45) is -0.772. The number of halogens is 1. The Morgan fingerprint density at radius 1 is 0.914 bits per heavy atom. The molecule has 180 valence electrons. The molecule has 3 aromatic carbocycles. The number of benzene rings is 3. The van der Waals surface area contributed by atoms with E-state index >= 15 is 0 Å². The molecular weight excluding hydrogens is 468 g/mol. The molecule has 3 aromatic rings. The van der Waals surface area contributed by atoms with Crippen LogP contribution < -0.4 is 10.6 Å². The molecule has 0 spiro atoms. The van der Waals surface area contributed by atoms with Crippen molar-refractivity contribution >= 4 is 29.6 Å². The Morgan fingerprint density at radius 3 is 2.09 bits per heavy atom. The Kier molecular flexibility index (Phi) is 7.36. The summed E-state index contributed by atoms with van der Waals surface area (Å²) in [6.45, 7) is 1.80. The average molecular weight is 493 g/mol. The average Bonchev–Trinajstić information content (AvgIpc) is 3.15. The number of rotatable bonds is 8. The van der Waals surface area contributed by atoms with Gasteiger partial charge in [-0.15, -0.1) is 0 Å². The van der Waals surface area contributed by atoms with E-state index in [1.54, 1.807) is 31.2 Å². The molecule has 0 unspecified atom stereocenters. The van der Waals surface area contributed by atoms with Crippen LogP contribution in [0.2, 0.25) is 5.02 Å². The van der Waals surface area contributed by atoms with E-state index in [9.17, 15) is 19.5 Å². The Hall–Kier alpha value is -3.84. The van der Waals surface area contributed by atoms with Crippen LogP contribution in [0, 0.1) is 0 Å². The normalized spacial score (nSPS) is 13.8. The molecule has 1 aliphatic carbocycles. The number of carbonyl (C=O) groups is 3. The van der Waals surface area contributed by atoms with Crippen molar-refractivity contribution in [2.24, 2.45) is 0 Å². The first-order valence-electron chi connectivity index (χ1n) is 11.2. The highest BCUT2D eigenvalue weighted by molar-refractivity contribution is 6.31. The molecule has 2 amide bonds. The van der Waals surface area contributed by atoms with Gasteiger partial charge in [0.05, 0.1) is 0 Å². The number of carboxylic acid groups (broad SMARTS) is 1. The fraction of sp³-hybridized carbons (Fsp3) is 0.222. The van der Waals surface area contributed by atoms with Crippen LogP contribution in [0.5, 0.6) is 0 Å². The molecule has 4 rings (SSSR count). The lowest BCUT2D eigenvalue weighted by atomic mass is 9.98. The van der Waals surface area contributed by atoms with Crippen molar-refractivity contribution in [1.29, 1.82) is 0 Å². The maximum Gasteiger partial charge on any atom is 0.407 e. The lowest BCUT2D eigenvalue weighted by Crippen LogP contribution is -2.40. The van der Waals surface area contributed by atoms with E-state index in [2.05, 4.69) is 22.8 Å². The lowest BCUT2D eigenvalue weighted by Gasteiger charge is -2.19. The monoisotopic (exact) mass is 492 g/mol. The minimum Gasteiger partial charge on any atom is -0.479 e. The molecule has 0 heterocycles. The van der Waals surface area contributed by atoms with Crippen LogP contribution in [-0.4, -0.2) is 35.7 Å². The van der Waals surface area contributed by atoms with Gasteiger partial charge in [0.15, 0.2) is 6.04 Å². The standard InChI is InChI=1S/C27H25ClN2O5/c1-16(14-24(31)30-25(26(32)33)21-12-6-7-13-23(21)28)29-27(34)35-15-22-19-10-4-2-8-17(19)18-9-3-5-11-20(18)22/h2-13,16,22,25H,14-15H2,1H3,(H,29,34)(H,30,31)(H,32,33)/t16-,25-/m1/s1. The molecule has 0 fully saturated rings.